The minimum Gasteiger partial charge on any atom is -0.497 e. The Morgan fingerprint density at radius 1 is 1.14 bits per heavy atom. The summed E-state index contributed by atoms with van der Waals surface area (Å²) in [4.78, 5) is 0. The SMILES string of the molecule is COc1ccc(CC(CBr)Cc2ccn(C(C)C)n2)cc1. The topological polar surface area (TPSA) is 27.1 Å². The van der Waals surface area contributed by atoms with Gasteiger partial charge in [-0.15, -0.1) is 0 Å². The number of nitrogens with zero attached hydrogens (tertiary/aromatic N) is 2. The van der Waals surface area contributed by atoms with Gasteiger partial charge in [0, 0.05) is 17.6 Å². The van der Waals surface area contributed by atoms with Crippen LogP contribution in [0.15, 0.2) is 36.5 Å². The molecule has 0 aliphatic rings. The molecule has 2 aromatic rings. The molecule has 21 heavy (non-hydrogen) atoms. The predicted octanol–water partition coefficient (Wildman–Crippen LogP) is 4.27. The van der Waals surface area contributed by atoms with E-state index in [1.807, 2.05) is 16.8 Å². The molecule has 0 bridgehead atoms. The van der Waals surface area contributed by atoms with Gasteiger partial charge < -0.3 is 4.74 Å². The molecule has 0 fully saturated rings. The van der Waals surface area contributed by atoms with Crippen molar-refractivity contribution in [3.63, 3.8) is 0 Å². The van der Waals surface area contributed by atoms with Gasteiger partial charge in [0.1, 0.15) is 5.75 Å². The van der Waals surface area contributed by atoms with E-state index in [-0.39, 0.29) is 0 Å². The number of rotatable bonds is 7. The van der Waals surface area contributed by atoms with E-state index >= 15 is 0 Å². The van der Waals surface area contributed by atoms with E-state index in [0.29, 0.717) is 12.0 Å². The first kappa shape index (κ1) is 16.1. The van der Waals surface area contributed by atoms with Gasteiger partial charge in [-0.05, 0) is 56.4 Å². The van der Waals surface area contributed by atoms with Crippen molar-refractivity contribution in [2.45, 2.75) is 32.7 Å². The van der Waals surface area contributed by atoms with E-state index < -0.39 is 0 Å². The molecule has 1 heterocycles. The maximum atomic E-state index is 5.20. The van der Waals surface area contributed by atoms with E-state index in [4.69, 9.17) is 4.74 Å². The Kier molecular flexibility index (Phi) is 5.85. The fourth-order valence-electron chi connectivity index (χ4n) is 2.35. The van der Waals surface area contributed by atoms with Crippen LogP contribution in [-0.2, 0) is 12.8 Å². The van der Waals surface area contributed by atoms with Crippen molar-refractivity contribution in [2.75, 3.05) is 12.4 Å². The minimum absolute atomic E-state index is 0.419. The number of ether oxygens (including phenoxy) is 1. The molecule has 0 spiro atoms. The van der Waals surface area contributed by atoms with Crippen LogP contribution in [-0.4, -0.2) is 22.2 Å². The summed E-state index contributed by atoms with van der Waals surface area (Å²) in [5.41, 5.74) is 2.50. The van der Waals surface area contributed by atoms with E-state index in [1.54, 1.807) is 7.11 Å². The average Bonchev–Trinajstić information content (AvgIpc) is 2.96. The van der Waals surface area contributed by atoms with Crippen molar-refractivity contribution in [3.8, 4) is 5.75 Å². The molecule has 0 aliphatic heterocycles. The first-order valence-corrected chi connectivity index (χ1v) is 8.47. The number of benzene rings is 1. The lowest BCUT2D eigenvalue weighted by atomic mass is 9.96. The monoisotopic (exact) mass is 350 g/mol. The lowest BCUT2D eigenvalue weighted by Gasteiger charge is -2.13. The van der Waals surface area contributed by atoms with E-state index in [0.717, 1.165) is 23.9 Å². The Labute approximate surface area is 135 Å². The highest BCUT2D eigenvalue weighted by molar-refractivity contribution is 9.09. The van der Waals surface area contributed by atoms with Gasteiger partial charge in [0.25, 0.3) is 0 Å². The zero-order chi connectivity index (χ0) is 15.2. The zero-order valence-corrected chi connectivity index (χ0v) is 14.5. The summed E-state index contributed by atoms with van der Waals surface area (Å²) in [6, 6.07) is 10.9. The molecule has 1 atom stereocenters. The first-order chi connectivity index (χ1) is 10.1. The van der Waals surface area contributed by atoms with Crippen molar-refractivity contribution >= 4 is 15.9 Å². The molecule has 114 valence electrons. The number of hydrogen-bond donors (Lipinski definition) is 0. The van der Waals surface area contributed by atoms with Gasteiger partial charge >= 0.3 is 0 Å². The molecule has 1 aromatic carbocycles. The lowest BCUT2D eigenvalue weighted by Crippen LogP contribution is -2.11. The fraction of sp³-hybridized carbons (Fsp3) is 0.471. The first-order valence-electron chi connectivity index (χ1n) is 7.35. The maximum Gasteiger partial charge on any atom is 0.118 e. The smallest absolute Gasteiger partial charge is 0.118 e. The van der Waals surface area contributed by atoms with Crippen molar-refractivity contribution in [1.29, 1.82) is 0 Å². The highest BCUT2D eigenvalue weighted by Crippen LogP contribution is 2.19. The van der Waals surface area contributed by atoms with Gasteiger partial charge in [0.15, 0.2) is 0 Å². The van der Waals surface area contributed by atoms with E-state index in [9.17, 15) is 0 Å². The molecule has 0 amide bonds. The number of methoxy groups -OCH3 is 1. The van der Waals surface area contributed by atoms with Crippen LogP contribution in [0.25, 0.3) is 0 Å². The van der Waals surface area contributed by atoms with E-state index in [1.165, 1.54) is 11.3 Å². The van der Waals surface area contributed by atoms with Crippen LogP contribution in [0.1, 0.15) is 31.1 Å². The van der Waals surface area contributed by atoms with Gasteiger partial charge in [-0.2, -0.15) is 5.10 Å². The summed E-state index contributed by atoms with van der Waals surface area (Å²) in [6.45, 7) is 4.30. The van der Waals surface area contributed by atoms with Gasteiger partial charge in [-0.1, -0.05) is 28.1 Å². The summed E-state index contributed by atoms with van der Waals surface area (Å²) in [5, 5.41) is 5.62. The number of hydrogen-bond acceptors (Lipinski definition) is 2. The Bertz CT molecular complexity index is 548. The summed E-state index contributed by atoms with van der Waals surface area (Å²) >= 11 is 3.64. The molecule has 0 aliphatic carbocycles. The summed E-state index contributed by atoms with van der Waals surface area (Å²) in [6.07, 6.45) is 4.11. The standard InChI is InChI=1S/C17H23BrN2O/c1-13(2)20-9-8-16(19-20)11-15(12-18)10-14-4-6-17(21-3)7-5-14/h4-9,13,15H,10-12H2,1-3H3. The highest BCUT2D eigenvalue weighted by Gasteiger charge is 2.12. The molecule has 1 unspecified atom stereocenters. The molecule has 0 saturated heterocycles. The Balaban J connectivity index is 1.98. The Morgan fingerprint density at radius 3 is 2.38 bits per heavy atom. The zero-order valence-electron chi connectivity index (χ0n) is 12.9. The van der Waals surface area contributed by atoms with Crippen molar-refractivity contribution in [2.24, 2.45) is 5.92 Å². The van der Waals surface area contributed by atoms with Crippen LogP contribution < -0.4 is 4.74 Å². The molecule has 0 radical (unpaired) electrons. The van der Waals surface area contributed by atoms with Crippen LogP contribution in [0.4, 0.5) is 0 Å². The average molecular weight is 351 g/mol. The van der Waals surface area contributed by atoms with Crippen molar-refractivity contribution in [1.82, 2.24) is 9.78 Å². The van der Waals surface area contributed by atoms with Crippen molar-refractivity contribution < 1.29 is 4.74 Å². The quantitative estimate of drug-likeness (QED) is 0.697. The molecule has 3 nitrogen and oxygen atoms in total. The molecular formula is C17H23BrN2O. The summed E-state index contributed by atoms with van der Waals surface area (Å²) < 4.78 is 7.22. The molecular weight excluding hydrogens is 328 g/mol. The molecule has 2 rings (SSSR count). The highest BCUT2D eigenvalue weighted by atomic mass is 79.9. The molecule has 1 aromatic heterocycles. The summed E-state index contributed by atoms with van der Waals surface area (Å²) in [7, 11) is 1.70. The van der Waals surface area contributed by atoms with Gasteiger partial charge in [0.05, 0.1) is 12.8 Å². The van der Waals surface area contributed by atoms with Gasteiger partial charge in [-0.3, -0.25) is 4.68 Å². The molecule has 0 saturated carbocycles. The largest absolute Gasteiger partial charge is 0.497 e. The number of aromatic nitrogens is 2. The minimum atomic E-state index is 0.419. The normalized spacial score (nSPS) is 12.6. The van der Waals surface area contributed by atoms with Crippen LogP contribution in [0.2, 0.25) is 0 Å². The predicted molar refractivity (Wildman–Crippen MR) is 90.3 cm³/mol. The van der Waals surface area contributed by atoms with Gasteiger partial charge in [0.2, 0.25) is 0 Å². The van der Waals surface area contributed by atoms with Gasteiger partial charge in [-0.25, -0.2) is 0 Å². The van der Waals surface area contributed by atoms with Crippen LogP contribution in [0.5, 0.6) is 5.75 Å². The van der Waals surface area contributed by atoms with Crippen LogP contribution in [0.3, 0.4) is 0 Å². The van der Waals surface area contributed by atoms with Crippen LogP contribution in [0, 0.1) is 5.92 Å². The van der Waals surface area contributed by atoms with E-state index in [2.05, 4.69) is 59.3 Å². The third-order valence-corrected chi connectivity index (χ3v) is 4.51. The Hall–Kier alpha value is -1.29. The molecule has 0 N–H and O–H groups in total. The number of halogens is 1. The van der Waals surface area contributed by atoms with Crippen molar-refractivity contribution in [3.05, 3.63) is 47.8 Å². The Morgan fingerprint density at radius 2 is 1.86 bits per heavy atom. The van der Waals surface area contributed by atoms with Crippen LogP contribution >= 0.6 is 15.9 Å². The lowest BCUT2D eigenvalue weighted by molar-refractivity contribution is 0.414. The summed E-state index contributed by atoms with van der Waals surface area (Å²) in [5.74, 6) is 1.46. The second-order valence-corrected chi connectivity index (χ2v) is 6.30. The maximum absolute atomic E-state index is 5.20. The second kappa shape index (κ2) is 7.64. The number of alkyl halides is 1. The third-order valence-electron chi connectivity index (χ3n) is 3.59. The molecule has 4 heteroatoms. The third kappa shape index (κ3) is 4.60. The second-order valence-electron chi connectivity index (χ2n) is 5.66. The fourth-order valence-corrected chi connectivity index (χ4v) is 2.80.